The Morgan fingerprint density at radius 3 is 2.86 bits per heavy atom. The van der Waals surface area contributed by atoms with E-state index < -0.39 is 0 Å². The number of aromatic nitrogens is 1. The largest absolute Gasteiger partial charge is 0.406 e. The summed E-state index contributed by atoms with van der Waals surface area (Å²) in [4.78, 5) is 19.3. The molecule has 0 saturated carbocycles. The normalized spacial score (nSPS) is 14.0. The van der Waals surface area contributed by atoms with Gasteiger partial charge < -0.3 is 4.74 Å². The molecule has 1 aliphatic heterocycles. The second kappa shape index (κ2) is 5.73. The van der Waals surface area contributed by atoms with E-state index in [4.69, 9.17) is 4.74 Å². The Hall–Kier alpha value is -2.08. The van der Waals surface area contributed by atoms with Crippen LogP contribution in [0.5, 0.6) is 0 Å². The number of hydrogen-bond donors (Lipinski definition) is 0. The molecule has 4 nitrogen and oxygen atoms in total. The van der Waals surface area contributed by atoms with Gasteiger partial charge in [0.15, 0.2) is 0 Å². The summed E-state index contributed by atoms with van der Waals surface area (Å²) in [5.74, 6) is -0.415. The first-order valence-corrected chi connectivity index (χ1v) is 7.05. The fraction of sp³-hybridized carbons (Fsp3) is 0.133. The maximum atomic E-state index is 13.9. The van der Waals surface area contributed by atoms with Crippen LogP contribution in [0.4, 0.5) is 4.39 Å². The Labute approximate surface area is 128 Å². The number of cyclic esters (lactones) is 1. The van der Waals surface area contributed by atoms with Crippen molar-refractivity contribution in [3.8, 4) is 0 Å². The summed E-state index contributed by atoms with van der Waals surface area (Å²) in [6, 6.07) is 6.61. The Morgan fingerprint density at radius 1 is 1.29 bits per heavy atom. The highest BCUT2D eigenvalue weighted by molar-refractivity contribution is 9.10. The Bertz CT molecular complexity index is 746. The number of esters is 1. The van der Waals surface area contributed by atoms with Crippen molar-refractivity contribution >= 4 is 27.8 Å². The monoisotopic (exact) mass is 348 g/mol. The van der Waals surface area contributed by atoms with E-state index in [9.17, 15) is 9.18 Å². The number of aliphatic imine (C=N–C) groups is 1. The molecule has 0 spiro atoms. The van der Waals surface area contributed by atoms with Crippen LogP contribution < -0.4 is 0 Å². The average Bonchev–Trinajstić information content (AvgIpc) is 2.89. The van der Waals surface area contributed by atoms with Crippen LogP contribution in [-0.2, 0) is 16.0 Å². The molecular weight excluding hydrogens is 339 g/mol. The second-order valence-electron chi connectivity index (χ2n) is 4.54. The molecule has 2 heterocycles. The van der Waals surface area contributed by atoms with Gasteiger partial charge in [-0.2, -0.15) is 0 Å². The van der Waals surface area contributed by atoms with Crippen molar-refractivity contribution in [1.29, 1.82) is 0 Å². The van der Waals surface area contributed by atoms with Crippen LogP contribution in [0, 0.1) is 5.82 Å². The molecule has 1 aromatic carbocycles. The van der Waals surface area contributed by atoms with Crippen molar-refractivity contribution in [2.45, 2.75) is 6.42 Å². The number of nitrogens with zero attached hydrogens (tertiary/aromatic N) is 2. The van der Waals surface area contributed by atoms with Gasteiger partial charge in [0.05, 0.1) is 0 Å². The van der Waals surface area contributed by atoms with Gasteiger partial charge >= 0.3 is 5.97 Å². The molecule has 0 bridgehead atoms. The molecule has 0 atom stereocenters. The van der Waals surface area contributed by atoms with Crippen molar-refractivity contribution in [3.63, 3.8) is 0 Å². The summed E-state index contributed by atoms with van der Waals surface area (Å²) in [5, 5.41) is 0. The van der Waals surface area contributed by atoms with Gasteiger partial charge in [0.25, 0.3) is 0 Å². The first-order valence-electron chi connectivity index (χ1n) is 6.26. The summed E-state index contributed by atoms with van der Waals surface area (Å²) in [7, 11) is 0. The minimum absolute atomic E-state index is 0.0176. The summed E-state index contributed by atoms with van der Waals surface area (Å²) in [6.07, 6.45) is 3.57. The van der Waals surface area contributed by atoms with E-state index in [1.54, 1.807) is 30.6 Å². The van der Waals surface area contributed by atoms with Crippen molar-refractivity contribution in [2.75, 3.05) is 6.54 Å². The molecule has 0 unspecified atom stereocenters. The smallest absolute Gasteiger partial charge is 0.334 e. The van der Waals surface area contributed by atoms with Crippen LogP contribution in [-0.4, -0.2) is 23.4 Å². The molecule has 0 N–H and O–H groups in total. The molecule has 21 heavy (non-hydrogen) atoms. The zero-order valence-electron chi connectivity index (χ0n) is 10.8. The van der Waals surface area contributed by atoms with Gasteiger partial charge in [-0.25, -0.2) is 14.2 Å². The Balaban J connectivity index is 1.94. The minimum atomic E-state index is -0.386. The molecule has 0 amide bonds. The van der Waals surface area contributed by atoms with Gasteiger partial charge in [0.2, 0.25) is 5.90 Å². The summed E-state index contributed by atoms with van der Waals surface area (Å²) in [6.45, 7) is 0.0176. The van der Waals surface area contributed by atoms with Crippen LogP contribution in [0.1, 0.15) is 16.7 Å². The van der Waals surface area contributed by atoms with E-state index in [2.05, 4.69) is 25.9 Å². The zero-order chi connectivity index (χ0) is 14.8. The third-order valence-corrected chi connectivity index (χ3v) is 3.59. The third kappa shape index (κ3) is 3.00. The highest BCUT2D eigenvalue weighted by Gasteiger charge is 2.21. The highest BCUT2D eigenvalue weighted by Crippen LogP contribution is 2.21. The van der Waals surface area contributed by atoms with Gasteiger partial charge in [0.1, 0.15) is 12.4 Å². The topological polar surface area (TPSA) is 51.5 Å². The quantitative estimate of drug-likeness (QED) is 0.801. The predicted molar refractivity (Wildman–Crippen MR) is 78.6 cm³/mol. The lowest BCUT2D eigenvalue weighted by molar-refractivity contribution is -0.132. The average molecular weight is 349 g/mol. The number of rotatable bonds is 3. The highest BCUT2D eigenvalue weighted by atomic mass is 79.9. The number of carbonyl (C=O) groups is 1. The zero-order valence-corrected chi connectivity index (χ0v) is 12.4. The van der Waals surface area contributed by atoms with Gasteiger partial charge in [-0.1, -0.05) is 22.0 Å². The Morgan fingerprint density at radius 2 is 2.14 bits per heavy atom. The van der Waals surface area contributed by atoms with E-state index in [-0.39, 0.29) is 24.2 Å². The molecule has 6 heteroatoms. The maximum Gasteiger partial charge on any atom is 0.334 e. The van der Waals surface area contributed by atoms with E-state index in [1.807, 2.05) is 0 Å². The first-order chi connectivity index (χ1) is 10.1. The third-order valence-electron chi connectivity index (χ3n) is 3.09. The number of pyridine rings is 1. The number of ether oxygens (including phenoxy) is 1. The molecular formula is C15H10BrFN2O2. The van der Waals surface area contributed by atoms with Crippen molar-refractivity contribution in [2.24, 2.45) is 4.99 Å². The standard InChI is InChI=1S/C15H10BrFN2O2/c16-11-2-1-9(13(17)6-11)5-10-7-18-4-3-12(10)15-19-8-14(20)21-15/h1-4,6-7H,5,8H2. The lowest BCUT2D eigenvalue weighted by Crippen LogP contribution is -2.09. The van der Waals surface area contributed by atoms with Crippen molar-refractivity contribution < 1.29 is 13.9 Å². The van der Waals surface area contributed by atoms with E-state index >= 15 is 0 Å². The summed E-state index contributed by atoms with van der Waals surface area (Å²) >= 11 is 3.23. The fourth-order valence-corrected chi connectivity index (χ4v) is 2.43. The molecule has 0 aliphatic carbocycles. The molecule has 2 aromatic rings. The molecule has 106 valence electrons. The van der Waals surface area contributed by atoms with Crippen molar-refractivity contribution in [1.82, 2.24) is 4.98 Å². The molecule has 0 radical (unpaired) electrons. The minimum Gasteiger partial charge on any atom is -0.406 e. The van der Waals surface area contributed by atoms with Gasteiger partial charge in [0, 0.05) is 28.9 Å². The predicted octanol–water partition coefficient (Wildman–Crippen LogP) is 2.88. The van der Waals surface area contributed by atoms with Gasteiger partial charge in [-0.05, 0) is 29.3 Å². The van der Waals surface area contributed by atoms with Gasteiger partial charge in [-0.15, -0.1) is 0 Å². The lowest BCUT2D eigenvalue weighted by atomic mass is 10.0. The maximum absolute atomic E-state index is 13.9. The Kier molecular flexibility index (Phi) is 3.79. The first kappa shape index (κ1) is 13.9. The van der Waals surface area contributed by atoms with Crippen LogP contribution in [0.15, 0.2) is 46.1 Å². The fourth-order valence-electron chi connectivity index (χ4n) is 2.10. The van der Waals surface area contributed by atoms with Crippen LogP contribution >= 0.6 is 15.9 Å². The lowest BCUT2D eigenvalue weighted by Gasteiger charge is -2.09. The van der Waals surface area contributed by atoms with Gasteiger partial charge in [-0.3, -0.25) is 4.98 Å². The van der Waals surface area contributed by atoms with E-state index in [1.165, 1.54) is 6.07 Å². The molecule has 1 aliphatic rings. The van der Waals surface area contributed by atoms with Crippen LogP contribution in [0.25, 0.3) is 0 Å². The van der Waals surface area contributed by atoms with Crippen LogP contribution in [0.2, 0.25) is 0 Å². The van der Waals surface area contributed by atoms with Crippen LogP contribution in [0.3, 0.4) is 0 Å². The number of hydrogen-bond acceptors (Lipinski definition) is 4. The van der Waals surface area contributed by atoms with E-state index in [0.717, 1.165) is 5.56 Å². The summed E-state index contributed by atoms with van der Waals surface area (Å²) in [5.41, 5.74) is 1.96. The molecule has 1 aromatic heterocycles. The number of carbonyl (C=O) groups excluding carboxylic acids is 1. The molecule has 3 rings (SSSR count). The summed E-state index contributed by atoms with van der Waals surface area (Å²) < 4.78 is 19.7. The SMILES string of the molecule is O=C1CN=C(c2ccncc2Cc2ccc(Br)cc2F)O1. The number of benzene rings is 1. The molecule has 0 fully saturated rings. The van der Waals surface area contributed by atoms with E-state index in [0.29, 0.717) is 22.0 Å². The number of halogens is 2. The molecule has 0 saturated heterocycles. The second-order valence-corrected chi connectivity index (χ2v) is 5.46. The van der Waals surface area contributed by atoms with Crippen molar-refractivity contribution in [3.05, 3.63) is 63.6 Å².